The van der Waals surface area contributed by atoms with Gasteiger partial charge in [0.2, 0.25) is 5.69 Å². The fourth-order valence-electron chi connectivity index (χ4n) is 3.87. The standard InChI is InChI=1S/C23H21N5O3/c29-28(30)18-15-27(19-13-7-8-14-31-19)26-22(18)23-24-20(16-9-3-1-4-10-16)21(25-23)17-11-5-2-6-12-17/h1-6,9-12,15,19H,7-8,13-14H2,(H,24,25). The van der Waals surface area contributed by atoms with Gasteiger partial charge in [0.25, 0.3) is 0 Å². The van der Waals surface area contributed by atoms with Crippen LogP contribution in [-0.4, -0.2) is 31.3 Å². The molecule has 4 aromatic rings. The van der Waals surface area contributed by atoms with Crippen molar-refractivity contribution in [1.29, 1.82) is 0 Å². The summed E-state index contributed by atoms with van der Waals surface area (Å²) >= 11 is 0. The van der Waals surface area contributed by atoms with Gasteiger partial charge in [0.15, 0.2) is 5.82 Å². The topological polar surface area (TPSA) is 98.9 Å². The molecule has 1 fully saturated rings. The lowest BCUT2D eigenvalue weighted by molar-refractivity contribution is -0.384. The zero-order valence-corrected chi connectivity index (χ0v) is 16.8. The Bertz CT molecular complexity index is 1140. The third kappa shape index (κ3) is 3.73. The molecule has 0 spiro atoms. The van der Waals surface area contributed by atoms with E-state index in [4.69, 9.17) is 9.72 Å². The van der Waals surface area contributed by atoms with Gasteiger partial charge in [-0.05, 0) is 19.3 Å². The Labute approximate surface area is 178 Å². The number of nitrogens with zero attached hydrogens (tertiary/aromatic N) is 4. The Morgan fingerprint density at radius 3 is 2.35 bits per heavy atom. The van der Waals surface area contributed by atoms with E-state index in [2.05, 4.69) is 10.1 Å². The average molecular weight is 415 g/mol. The number of benzene rings is 2. The van der Waals surface area contributed by atoms with Crippen LogP contribution in [0.1, 0.15) is 25.5 Å². The first-order valence-electron chi connectivity index (χ1n) is 10.3. The average Bonchev–Trinajstić information content (AvgIpc) is 3.46. The Balaban J connectivity index is 1.65. The molecule has 1 unspecified atom stereocenters. The van der Waals surface area contributed by atoms with Crippen molar-refractivity contribution in [3.8, 4) is 34.0 Å². The van der Waals surface area contributed by atoms with Gasteiger partial charge in [0.1, 0.15) is 12.4 Å². The van der Waals surface area contributed by atoms with Crippen molar-refractivity contribution < 1.29 is 9.66 Å². The second kappa shape index (κ2) is 8.16. The van der Waals surface area contributed by atoms with Crippen molar-refractivity contribution in [3.05, 3.63) is 77.0 Å². The molecule has 2 aromatic heterocycles. The van der Waals surface area contributed by atoms with Crippen LogP contribution >= 0.6 is 0 Å². The molecule has 1 aliphatic heterocycles. The highest BCUT2D eigenvalue weighted by atomic mass is 16.6. The largest absolute Gasteiger partial charge is 0.357 e. The molecule has 0 amide bonds. The Hall–Kier alpha value is -3.78. The number of ether oxygens (including phenoxy) is 1. The Morgan fingerprint density at radius 1 is 1.00 bits per heavy atom. The van der Waals surface area contributed by atoms with E-state index in [1.807, 2.05) is 60.7 Å². The number of H-pyrrole nitrogens is 1. The van der Waals surface area contributed by atoms with Crippen LogP contribution in [0.15, 0.2) is 66.9 Å². The van der Waals surface area contributed by atoms with Gasteiger partial charge in [0.05, 0.1) is 16.3 Å². The summed E-state index contributed by atoms with van der Waals surface area (Å²) in [5.41, 5.74) is 3.49. The molecule has 0 bridgehead atoms. The van der Waals surface area contributed by atoms with Gasteiger partial charge in [-0.1, -0.05) is 60.7 Å². The van der Waals surface area contributed by atoms with Crippen molar-refractivity contribution >= 4 is 5.69 Å². The number of hydrogen-bond donors (Lipinski definition) is 1. The second-order valence-corrected chi connectivity index (χ2v) is 7.46. The van der Waals surface area contributed by atoms with Gasteiger partial charge in [-0.15, -0.1) is 0 Å². The summed E-state index contributed by atoms with van der Waals surface area (Å²) in [6.45, 7) is 0.630. The molecule has 2 aromatic carbocycles. The predicted octanol–water partition coefficient (Wildman–Crippen LogP) is 5.21. The predicted molar refractivity (Wildman–Crippen MR) is 116 cm³/mol. The van der Waals surface area contributed by atoms with Crippen LogP contribution in [0.25, 0.3) is 34.0 Å². The number of nitrogens with one attached hydrogen (secondary N) is 1. The van der Waals surface area contributed by atoms with Crippen molar-refractivity contribution in [3.63, 3.8) is 0 Å². The number of nitro groups is 1. The summed E-state index contributed by atoms with van der Waals surface area (Å²) in [5.74, 6) is 0.360. The van der Waals surface area contributed by atoms with Crippen LogP contribution in [0.5, 0.6) is 0 Å². The smallest absolute Gasteiger partial charge is 0.318 e. The maximum absolute atomic E-state index is 11.8. The minimum Gasteiger partial charge on any atom is -0.357 e. The maximum Gasteiger partial charge on any atom is 0.318 e. The third-order valence-corrected chi connectivity index (χ3v) is 5.40. The lowest BCUT2D eigenvalue weighted by Gasteiger charge is -2.22. The normalized spacial score (nSPS) is 16.3. The molecule has 0 radical (unpaired) electrons. The highest BCUT2D eigenvalue weighted by molar-refractivity contribution is 5.81. The fraction of sp³-hybridized carbons (Fsp3) is 0.217. The zero-order chi connectivity index (χ0) is 21.2. The molecule has 1 saturated heterocycles. The van der Waals surface area contributed by atoms with Crippen molar-refractivity contribution in [2.75, 3.05) is 6.61 Å². The van der Waals surface area contributed by atoms with Crippen molar-refractivity contribution in [1.82, 2.24) is 19.7 Å². The van der Waals surface area contributed by atoms with Gasteiger partial charge in [-0.2, -0.15) is 5.10 Å². The molecule has 0 aliphatic carbocycles. The molecular weight excluding hydrogens is 394 g/mol. The van der Waals surface area contributed by atoms with E-state index in [1.165, 1.54) is 6.20 Å². The number of rotatable bonds is 5. The number of imidazole rings is 1. The second-order valence-electron chi connectivity index (χ2n) is 7.46. The molecule has 0 saturated carbocycles. The van der Waals surface area contributed by atoms with E-state index in [-0.39, 0.29) is 17.6 Å². The van der Waals surface area contributed by atoms with E-state index in [0.29, 0.717) is 12.4 Å². The Kier molecular flexibility index (Phi) is 5.05. The molecule has 1 aliphatic rings. The van der Waals surface area contributed by atoms with Crippen molar-refractivity contribution in [2.45, 2.75) is 25.5 Å². The summed E-state index contributed by atoms with van der Waals surface area (Å²) in [7, 11) is 0. The van der Waals surface area contributed by atoms with Gasteiger partial charge < -0.3 is 9.72 Å². The van der Waals surface area contributed by atoms with Crippen LogP contribution in [0.3, 0.4) is 0 Å². The summed E-state index contributed by atoms with van der Waals surface area (Å²) in [4.78, 5) is 19.4. The van der Waals surface area contributed by atoms with Crippen LogP contribution in [0, 0.1) is 10.1 Å². The maximum atomic E-state index is 11.8. The molecule has 8 nitrogen and oxygen atoms in total. The van der Waals surface area contributed by atoms with Crippen LogP contribution in [0.4, 0.5) is 5.69 Å². The third-order valence-electron chi connectivity index (χ3n) is 5.40. The van der Waals surface area contributed by atoms with E-state index in [1.54, 1.807) is 4.68 Å². The molecule has 31 heavy (non-hydrogen) atoms. The van der Waals surface area contributed by atoms with Crippen molar-refractivity contribution in [2.24, 2.45) is 0 Å². The van der Waals surface area contributed by atoms with Crippen LogP contribution in [0.2, 0.25) is 0 Å². The van der Waals surface area contributed by atoms with Gasteiger partial charge in [-0.25, -0.2) is 9.67 Å². The molecular formula is C23H21N5O3. The van der Waals surface area contributed by atoms with E-state index < -0.39 is 4.92 Å². The molecule has 3 heterocycles. The number of hydrogen-bond acceptors (Lipinski definition) is 5. The lowest BCUT2D eigenvalue weighted by atomic mass is 10.1. The SMILES string of the molecule is O=[N+]([O-])c1cn(C2CCCCO2)nc1-c1nc(-c2ccccc2)c(-c2ccccc2)[nH]1. The van der Waals surface area contributed by atoms with Gasteiger partial charge in [-0.3, -0.25) is 10.1 Å². The lowest BCUT2D eigenvalue weighted by Crippen LogP contribution is -2.18. The molecule has 156 valence electrons. The first-order chi connectivity index (χ1) is 15.2. The van der Waals surface area contributed by atoms with E-state index in [0.717, 1.165) is 41.8 Å². The monoisotopic (exact) mass is 415 g/mol. The summed E-state index contributed by atoms with van der Waals surface area (Å²) in [6.07, 6.45) is 3.92. The molecule has 5 rings (SSSR count). The first-order valence-corrected chi connectivity index (χ1v) is 10.3. The summed E-state index contributed by atoms with van der Waals surface area (Å²) in [6, 6.07) is 19.6. The molecule has 1 atom stereocenters. The Morgan fingerprint density at radius 2 is 1.71 bits per heavy atom. The van der Waals surface area contributed by atoms with E-state index in [9.17, 15) is 10.1 Å². The van der Waals surface area contributed by atoms with Crippen LogP contribution < -0.4 is 0 Å². The first kappa shape index (κ1) is 19.2. The zero-order valence-electron chi connectivity index (χ0n) is 16.8. The number of aromatic nitrogens is 4. The highest BCUT2D eigenvalue weighted by Gasteiger charge is 2.28. The minimum atomic E-state index is -0.422. The number of aromatic amines is 1. The molecule has 8 heteroatoms. The van der Waals surface area contributed by atoms with E-state index >= 15 is 0 Å². The fourth-order valence-corrected chi connectivity index (χ4v) is 3.87. The molecule has 1 N–H and O–H groups in total. The minimum absolute atomic E-state index is 0.0952. The quantitative estimate of drug-likeness (QED) is 0.356. The highest BCUT2D eigenvalue weighted by Crippen LogP contribution is 2.36. The van der Waals surface area contributed by atoms with Gasteiger partial charge >= 0.3 is 5.69 Å². The summed E-state index contributed by atoms with van der Waals surface area (Å²) in [5, 5.41) is 16.3. The van der Waals surface area contributed by atoms with Crippen LogP contribution in [-0.2, 0) is 4.74 Å². The summed E-state index contributed by atoms with van der Waals surface area (Å²) < 4.78 is 7.32. The van der Waals surface area contributed by atoms with Gasteiger partial charge in [0, 0.05) is 17.7 Å².